The molecule has 0 fully saturated rings. The molecular weight excluding hydrogens is 352 g/mol. The van der Waals surface area contributed by atoms with Gasteiger partial charge in [-0.15, -0.1) is 0 Å². The molecule has 0 unspecified atom stereocenters. The normalized spacial score (nSPS) is 10.4. The molecule has 0 bridgehead atoms. The van der Waals surface area contributed by atoms with Gasteiger partial charge in [-0.05, 0) is 67.1 Å². The Morgan fingerprint density at radius 1 is 1.00 bits per heavy atom. The van der Waals surface area contributed by atoms with Crippen molar-refractivity contribution in [3.63, 3.8) is 0 Å². The lowest BCUT2D eigenvalue weighted by molar-refractivity contribution is 0.0946. The van der Waals surface area contributed by atoms with Gasteiger partial charge >= 0.3 is 0 Å². The van der Waals surface area contributed by atoms with Crippen molar-refractivity contribution in [2.75, 3.05) is 5.32 Å². The molecule has 3 rings (SSSR count). The third-order valence-corrected chi connectivity index (χ3v) is 4.08. The van der Waals surface area contributed by atoms with Crippen molar-refractivity contribution < 1.29 is 14.0 Å². The van der Waals surface area contributed by atoms with E-state index in [1.54, 1.807) is 60.9 Å². The molecule has 0 aliphatic carbocycles. The lowest BCUT2D eigenvalue weighted by Crippen LogP contribution is -2.22. The monoisotopic (exact) mass is 368 g/mol. The molecule has 6 heteroatoms. The number of carbonyl (C=O) groups excluding carboxylic acids is 2. The number of hydrogen-bond donors (Lipinski definition) is 2. The SMILES string of the molecule is Cc1cc(Cl)ccc1NC(=O)c1ccc(C(=O)NCc2ccco2)cc1. The number of benzene rings is 2. The Morgan fingerprint density at radius 3 is 2.31 bits per heavy atom. The number of halogens is 1. The number of amides is 2. The molecule has 2 N–H and O–H groups in total. The fourth-order valence-electron chi connectivity index (χ4n) is 2.42. The summed E-state index contributed by atoms with van der Waals surface area (Å²) in [6, 6.07) is 15.3. The maximum absolute atomic E-state index is 12.4. The average Bonchev–Trinajstić information content (AvgIpc) is 3.15. The highest BCUT2D eigenvalue weighted by Gasteiger charge is 2.11. The summed E-state index contributed by atoms with van der Waals surface area (Å²) in [5.41, 5.74) is 2.50. The Kier molecular flexibility index (Phi) is 5.39. The van der Waals surface area contributed by atoms with Gasteiger partial charge < -0.3 is 15.1 Å². The second kappa shape index (κ2) is 7.89. The first-order valence-electron chi connectivity index (χ1n) is 8.01. The Labute approximate surface area is 156 Å². The van der Waals surface area contributed by atoms with E-state index in [0.717, 1.165) is 5.56 Å². The van der Waals surface area contributed by atoms with Gasteiger partial charge in [0.25, 0.3) is 11.8 Å². The van der Waals surface area contributed by atoms with Crippen LogP contribution in [0.25, 0.3) is 0 Å². The molecule has 0 spiro atoms. The molecule has 2 amide bonds. The Morgan fingerprint density at radius 2 is 1.69 bits per heavy atom. The first-order chi connectivity index (χ1) is 12.5. The van der Waals surface area contributed by atoms with Gasteiger partial charge in [0.2, 0.25) is 0 Å². The van der Waals surface area contributed by atoms with Gasteiger partial charge in [-0.2, -0.15) is 0 Å². The van der Waals surface area contributed by atoms with Crippen molar-refractivity contribution in [2.24, 2.45) is 0 Å². The molecule has 132 valence electrons. The van der Waals surface area contributed by atoms with E-state index in [1.165, 1.54) is 0 Å². The van der Waals surface area contributed by atoms with Crippen LogP contribution < -0.4 is 10.6 Å². The minimum Gasteiger partial charge on any atom is -0.467 e. The summed E-state index contributed by atoms with van der Waals surface area (Å²) in [6.45, 7) is 2.18. The maximum atomic E-state index is 12.4. The lowest BCUT2D eigenvalue weighted by atomic mass is 10.1. The third-order valence-electron chi connectivity index (χ3n) is 3.85. The zero-order valence-corrected chi connectivity index (χ0v) is 14.8. The summed E-state index contributed by atoms with van der Waals surface area (Å²) in [6.07, 6.45) is 1.55. The van der Waals surface area contributed by atoms with E-state index < -0.39 is 0 Å². The van der Waals surface area contributed by atoms with Crippen LogP contribution >= 0.6 is 11.6 Å². The Bertz CT molecular complexity index is 919. The van der Waals surface area contributed by atoms with Gasteiger partial charge in [0, 0.05) is 21.8 Å². The molecule has 5 nitrogen and oxygen atoms in total. The highest BCUT2D eigenvalue weighted by molar-refractivity contribution is 6.30. The quantitative estimate of drug-likeness (QED) is 0.700. The molecule has 2 aromatic carbocycles. The molecule has 0 radical (unpaired) electrons. The van der Waals surface area contributed by atoms with E-state index in [2.05, 4.69) is 10.6 Å². The van der Waals surface area contributed by atoms with Crippen LogP contribution in [0, 0.1) is 6.92 Å². The fraction of sp³-hybridized carbons (Fsp3) is 0.100. The van der Waals surface area contributed by atoms with Gasteiger partial charge in [-0.3, -0.25) is 9.59 Å². The van der Waals surface area contributed by atoms with Gasteiger partial charge in [0.05, 0.1) is 12.8 Å². The molecular formula is C20H17ClN2O3. The van der Waals surface area contributed by atoms with Crippen molar-refractivity contribution in [1.82, 2.24) is 5.32 Å². The molecule has 0 saturated heterocycles. The number of nitrogens with one attached hydrogen (secondary N) is 2. The first-order valence-corrected chi connectivity index (χ1v) is 8.39. The first kappa shape index (κ1) is 17.8. The molecule has 0 saturated carbocycles. The summed E-state index contributed by atoms with van der Waals surface area (Å²) in [7, 11) is 0. The predicted molar refractivity (Wildman–Crippen MR) is 100 cm³/mol. The van der Waals surface area contributed by atoms with E-state index >= 15 is 0 Å². The highest BCUT2D eigenvalue weighted by atomic mass is 35.5. The van der Waals surface area contributed by atoms with Crippen LogP contribution in [0.4, 0.5) is 5.69 Å². The van der Waals surface area contributed by atoms with Crippen LogP contribution in [0.3, 0.4) is 0 Å². The number of aryl methyl sites for hydroxylation is 1. The predicted octanol–water partition coefficient (Wildman–Crippen LogP) is 4.42. The van der Waals surface area contributed by atoms with Crippen LogP contribution in [-0.4, -0.2) is 11.8 Å². The summed E-state index contributed by atoms with van der Waals surface area (Å²) in [4.78, 5) is 24.5. The maximum Gasteiger partial charge on any atom is 0.255 e. The van der Waals surface area contributed by atoms with E-state index in [1.807, 2.05) is 6.92 Å². The van der Waals surface area contributed by atoms with Gasteiger partial charge in [0.15, 0.2) is 0 Å². The molecule has 0 atom stereocenters. The summed E-state index contributed by atoms with van der Waals surface area (Å²) >= 11 is 5.92. The molecule has 1 aromatic heterocycles. The van der Waals surface area contributed by atoms with Crippen molar-refractivity contribution in [3.8, 4) is 0 Å². The summed E-state index contributed by atoms with van der Waals surface area (Å²) in [5, 5.41) is 6.21. The Hall–Kier alpha value is -3.05. The molecule has 0 aliphatic heterocycles. The zero-order valence-electron chi connectivity index (χ0n) is 14.1. The smallest absolute Gasteiger partial charge is 0.255 e. The summed E-state index contributed by atoms with van der Waals surface area (Å²) < 4.78 is 5.17. The average molecular weight is 369 g/mol. The van der Waals surface area contributed by atoms with E-state index in [4.69, 9.17) is 16.0 Å². The van der Waals surface area contributed by atoms with Crippen molar-refractivity contribution in [1.29, 1.82) is 0 Å². The van der Waals surface area contributed by atoms with Crippen LogP contribution in [0.1, 0.15) is 32.0 Å². The molecule has 0 aliphatic rings. The van der Waals surface area contributed by atoms with Gasteiger partial charge in [-0.1, -0.05) is 11.6 Å². The number of furan rings is 1. The topological polar surface area (TPSA) is 71.3 Å². The van der Waals surface area contributed by atoms with Crippen molar-refractivity contribution >= 4 is 29.1 Å². The van der Waals surface area contributed by atoms with Crippen LogP contribution in [-0.2, 0) is 6.54 Å². The van der Waals surface area contributed by atoms with Gasteiger partial charge in [0.1, 0.15) is 5.76 Å². The van der Waals surface area contributed by atoms with Crippen molar-refractivity contribution in [2.45, 2.75) is 13.5 Å². The lowest BCUT2D eigenvalue weighted by Gasteiger charge is -2.09. The third kappa shape index (κ3) is 4.32. The van der Waals surface area contributed by atoms with E-state index in [0.29, 0.717) is 34.1 Å². The molecule has 26 heavy (non-hydrogen) atoms. The standard InChI is InChI=1S/C20H17ClN2O3/c1-13-11-16(21)8-9-18(13)23-20(25)15-6-4-14(5-7-15)19(24)22-12-17-3-2-10-26-17/h2-11H,12H2,1H3,(H,22,24)(H,23,25). The number of hydrogen-bond acceptors (Lipinski definition) is 3. The van der Waals surface area contributed by atoms with Gasteiger partial charge in [-0.25, -0.2) is 0 Å². The second-order valence-corrected chi connectivity index (χ2v) is 6.19. The molecule has 3 aromatic rings. The van der Waals surface area contributed by atoms with Crippen molar-refractivity contribution in [3.05, 3.63) is 88.3 Å². The minimum atomic E-state index is -0.252. The van der Waals surface area contributed by atoms with Crippen LogP contribution in [0.15, 0.2) is 65.3 Å². The molecule has 1 heterocycles. The van der Waals surface area contributed by atoms with E-state index in [9.17, 15) is 9.59 Å². The van der Waals surface area contributed by atoms with Crippen LogP contribution in [0.5, 0.6) is 0 Å². The fourth-order valence-corrected chi connectivity index (χ4v) is 2.64. The zero-order chi connectivity index (χ0) is 18.5. The number of rotatable bonds is 5. The van der Waals surface area contributed by atoms with E-state index in [-0.39, 0.29) is 11.8 Å². The number of carbonyl (C=O) groups is 2. The second-order valence-electron chi connectivity index (χ2n) is 5.75. The Balaban J connectivity index is 1.62. The largest absolute Gasteiger partial charge is 0.467 e. The number of anilines is 1. The van der Waals surface area contributed by atoms with Crippen LogP contribution in [0.2, 0.25) is 5.02 Å². The summed E-state index contributed by atoms with van der Waals surface area (Å²) in [5.74, 6) is 0.188. The minimum absolute atomic E-state index is 0.234. The highest BCUT2D eigenvalue weighted by Crippen LogP contribution is 2.20.